The summed E-state index contributed by atoms with van der Waals surface area (Å²) >= 11 is 0. The van der Waals surface area contributed by atoms with Crippen molar-refractivity contribution in [1.82, 2.24) is 0 Å². The number of ether oxygens (including phenoxy) is 12. The molecule has 18 nitrogen and oxygen atoms in total. The van der Waals surface area contributed by atoms with Crippen LogP contribution in [0.2, 0.25) is 0 Å². The van der Waals surface area contributed by atoms with Gasteiger partial charge in [0.1, 0.15) is 49.4 Å². The minimum atomic E-state index is -0.0580. The fourth-order valence-corrected chi connectivity index (χ4v) is 8.20. The minimum absolute atomic E-state index is 0.0580. The molecule has 0 atom stereocenters. The highest BCUT2D eigenvalue weighted by atomic mass is 16.6. The number of hydrogen-bond acceptors (Lipinski definition) is 18. The number of hydrogen-bond donors (Lipinski definition) is 2. The molecule has 0 aromatic heterocycles. The molecule has 0 fully saturated rings. The topological polar surface area (TPSA) is 246 Å². The van der Waals surface area contributed by atoms with E-state index < -0.39 is 0 Å². The van der Waals surface area contributed by atoms with Crippen LogP contribution < -0.4 is 18.9 Å². The van der Waals surface area contributed by atoms with Crippen LogP contribution in [0.5, 0.6) is 23.0 Å². The Morgan fingerprint density at radius 3 is 0.689 bits per heavy atom. The smallest absolute Gasteiger partial charge is 0.126 e. The molecule has 2 N–H and O–H groups in total. The second kappa shape index (κ2) is 34.2. The quantitative estimate of drug-likeness (QED) is 0.0482. The van der Waals surface area contributed by atoms with Gasteiger partial charge in [0.25, 0.3) is 0 Å². The summed E-state index contributed by atoms with van der Waals surface area (Å²) in [6.45, 7) is 9.45. The van der Waals surface area contributed by atoms with E-state index in [1.54, 1.807) is 48.5 Å². The average Bonchev–Trinajstić information content (AvgIpc) is 3.41. The Morgan fingerprint density at radius 2 is 0.500 bits per heavy atom. The van der Waals surface area contributed by atoms with Crippen molar-refractivity contribution in [2.45, 2.75) is 39.5 Å². The van der Waals surface area contributed by atoms with E-state index in [0.29, 0.717) is 169 Å². The third-order valence-electron chi connectivity index (χ3n) is 11.3. The SMILES string of the molecule is CCOCCOc1c2cc(C#N)cc1Cc1cc(C#N)cc(c1OCCOCCOCCOCCO)Cc1cc(C#N)cc(c1OCCOCC)Cc1cc(C#N)cc(c1OCCOCCOCCOCCO)C2. The first-order valence-corrected chi connectivity index (χ1v) is 25.0. The zero-order chi connectivity index (χ0) is 52.6. The minimum Gasteiger partial charge on any atom is -0.491 e. The molecule has 0 spiro atoms. The van der Waals surface area contributed by atoms with Gasteiger partial charge in [-0.25, -0.2) is 0 Å². The first kappa shape index (κ1) is 58.5. The lowest BCUT2D eigenvalue weighted by Crippen LogP contribution is -2.16. The van der Waals surface area contributed by atoms with Gasteiger partial charge in [0.2, 0.25) is 0 Å². The van der Waals surface area contributed by atoms with E-state index >= 15 is 0 Å². The highest BCUT2D eigenvalue weighted by Crippen LogP contribution is 2.41. The van der Waals surface area contributed by atoms with Crippen LogP contribution in [0.3, 0.4) is 0 Å². The van der Waals surface area contributed by atoms with Crippen molar-refractivity contribution in [1.29, 1.82) is 21.0 Å². The highest BCUT2D eigenvalue weighted by molar-refractivity contribution is 5.61. The Hall–Kier alpha value is -6.36. The molecule has 0 saturated heterocycles. The summed E-state index contributed by atoms with van der Waals surface area (Å²) in [7, 11) is 0. The second-order valence-corrected chi connectivity index (χ2v) is 16.6. The summed E-state index contributed by atoms with van der Waals surface area (Å²) in [5, 5.41) is 60.0. The van der Waals surface area contributed by atoms with Crippen LogP contribution in [0, 0.1) is 45.3 Å². The molecular formula is C56H68N4O14. The molecule has 8 bridgehead atoms. The first-order valence-electron chi connectivity index (χ1n) is 25.0. The normalized spacial score (nSPS) is 11.8. The summed E-state index contributed by atoms with van der Waals surface area (Å²) < 4.78 is 71.4. The van der Waals surface area contributed by atoms with Crippen LogP contribution in [-0.2, 0) is 63.6 Å². The molecule has 0 radical (unpaired) electrons. The molecule has 5 rings (SSSR count). The maximum absolute atomic E-state index is 10.5. The van der Waals surface area contributed by atoms with Crippen LogP contribution in [0.1, 0.15) is 80.6 Å². The molecule has 1 aliphatic carbocycles. The Balaban J connectivity index is 1.64. The van der Waals surface area contributed by atoms with E-state index in [-0.39, 0.29) is 91.8 Å². The van der Waals surface area contributed by atoms with Crippen LogP contribution in [-0.4, -0.2) is 156 Å². The molecular weight excluding hydrogens is 953 g/mol. The maximum atomic E-state index is 10.5. The first-order chi connectivity index (χ1) is 36.4. The van der Waals surface area contributed by atoms with E-state index in [1.165, 1.54) is 0 Å². The van der Waals surface area contributed by atoms with Gasteiger partial charge < -0.3 is 67.1 Å². The molecule has 0 saturated carbocycles. The Bertz CT molecular complexity index is 2260. The number of fused-ring (bicyclic) bond motifs is 8. The largest absolute Gasteiger partial charge is 0.491 e. The van der Waals surface area contributed by atoms with Gasteiger partial charge in [-0.05, 0) is 62.4 Å². The summed E-state index contributed by atoms with van der Waals surface area (Å²) in [6.07, 6.45) is 0.675. The van der Waals surface area contributed by atoms with Gasteiger partial charge in [0, 0.05) is 83.4 Å². The van der Waals surface area contributed by atoms with E-state index in [9.17, 15) is 21.0 Å². The van der Waals surface area contributed by atoms with E-state index in [4.69, 9.17) is 67.1 Å². The zero-order valence-electron chi connectivity index (χ0n) is 42.6. The van der Waals surface area contributed by atoms with Crippen LogP contribution >= 0.6 is 0 Å². The van der Waals surface area contributed by atoms with Gasteiger partial charge in [-0.15, -0.1) is 0 Å². The zero-order valence-corrected chi connectivity index (χ0v) is 42.6. The Morgan fingerprint density at radius 1 is 0.311 bits per heavy atom. The van der Waals surface area contributed by atoms with Crippen LogP contribution in [0.4, 0.5) is 0 Å². The van der Waals surface area contributed by atoms with Gasteiger partial charge in [0.05, 0.1) is 152 Å². The Kier molecular flexibility index (Phi) is 27.0. The van der Waals surface area contributed by atoms with Crippen LogP contribution in [0.25, 0.3) is 0 Å². The lowest BCUT2D eigenvalue weighted by molar-refractivity contribution is 0.00354. The third kappa shape index (κ3) is 19.2. The molecule has 0 heterocycles. The van der Waals surface area contributed by atoms with Gasteiger partial charge in [0.15, 0.2) is 0 Å². The number of nitriles is 4. The molecule has 74 heavy (non-hydrogen) atoms. The van der Waals surface area contributed by atoms with Gasteiger partial charge in [-0.3, -0.25) is 0 Å². The Labute approximate surface area is 434 Å². The third-order valence-corrected chi connectivity index (χ3v) is 11.3. The lowest BCUT2D eigenvalue weighted by Gasteiger charge is -2.23. The molecule has 18 heteroatoms. The summed E-state index contributed by atoms with van der Waals surface area (Å²) in [6, 6.07) is 23.5. The number of nitrogens with zero attached hydrogens (tertiary/aromatic N) is 4. The monoisotopic (exact) mass is 1020 g/mol. The van der Waals surface area contributed by atoms with Crippen molar-refractivity contribution in [3.63, 3.8) is 0 Å². The molecule has 4 aromatic carbocycles. The van der Waals surface area contributed by atoms with Crippen molar-refractivity contribution in [3.8, 4) is 47.3 Å². The van der Waals surface area contributed by atoms with Gasteiger partial charge in [-0.2, -0.15) is 21.0 Å². The van der Waals surface area contributed by atoms with Crippen molar-refractivity contribution in [3.05, 3.63) is 115 Å². The fraction of sp³-hybridized carbons (Fsp3) is 0.500. The van der Waals surface area contributed by atoms with E-state index in [0.717, 1.165) is 0 Å². The maximum Gasteiger partial charge on any atom is 0.126 e. The van der Waals surface area contributed by atoms with Crippen molar-refractivity contribution in [2.75, 3.05) is 145 Å². The molecule has 0 amide bonds. The number of aliphatic hydroxyl groups is 2. The lowest BCUT2D eigenvalue weighted by atomic mass is 9.88. The summed E-state index contributed by atoms with van der Waals surface area (Å²) in [4.78, 5) is 0. The van der Waals surface area contributed by atoms with Gasteiger partial charge >= 0.3 is 0 Å². The summed E-state index contributed by atoms with van der Waals surface area (Å²) in [5.41, 5.74) is 6.62. The average molecular weight is 1020 g/mol. The van der Waals surface area contributed by atoms with Crippen molar-refractivity contribution >= 4 is 0 Å². The van der Waals surface area contributed by atoms with Gasteiger partial charge in [-0.1, -0.05) is 0 Å². The van der Waals surface area contributed by atoms with Crippen molar-refractivity contribution in [2.24, 2.45) is 0 Å². The van der Waals surface area contributed by atoms with E-state index in [2.05, 4.69) is 24.3 Å². The summed E-state index contributed by atoms with van der Waals surface area (Å²) in [5.74, 6) is 1.99. The number of aliphatic hydroxyl groups excluding tert-OH is 2. The molecule has 4 aromatic rings. The highest BCUT2D eigenvalue weighted by Gasteiger charge is 2.25. The fourth-order valence-electron chi connectivity index (χ4n) is 8.20. The van der Waals surface area contributed by atoms with E-state index in [1.807, 2.05) is 13.8 Å². The molecule has 396 valence electrons. The van der Waals surface area contributed by atoms with Crippen molar-refractivity contribution < 1.29 is 67.1 Å². The standard InChI is InChI=1S/C56H68N4O14/c1-3-63-17-21-71-53-45-25-41(37-57)26-46(53)34-50-30-44(40-60)32-52(56(50)74-24-20-70-16-14-68-12-10-66-8-6-62)36-48-28-42(38-58)27-47(54(48)72-22-18-64-4-2)35-51-31-43(39-59)29-49(33-45)55(51)73-23-19-69-15-13-67-11-9-65-7-5-61/h25-32,61-62H,3-24,33-36H2,1-2H3. The molecule has 0 unspecified atom stereocenters. The number of rotatable bonds is 34. The molecule has 0 aliphatic heterocycles. The predicted molar refractivity (Wildman–Crippen MR) is 270 cm³/mol. The second-order valence-electron chi connectivity index (χ2n) is 16.6. The number of benzene rings is 4. The molecule has 1 aliphatic rings. The van der Waals surface area contributed by atoms with Crippen LogP contribution in [0.15, 0.2) is 48.5 Å². The predicted octanol–water partition coefficient (Wildman–Crippen LogP) is 5.52.